The Hall–Kier alpha value is -1.35. The molecule has 3 heteroatoms. The Morgan fingerprint density at radius 1 is 0.947 bits per heavy atom. The zero-order valence-corrected chi connectivity index (χ0v) is 12.1. The van der Waals surface area contributed by atoms with E-state index in [4.69, 9.17) is 5.11 Å². The van der Waals surface area contributed by atoms with Gasteiger partial charge < -0.3 is 10.6 Å². The van der Waals surface area contributed by atoms with Crippen LogP contribution in [0.25, 0.3) is 0 Å². The van der Waals surface area contributed by atoms with Gasteiger partial charge in [0.25, 0.3) is 0 Å². The molecule has 0 aliphatic heterocycles. The van der Waals surface area contributed by atoms with Crippen molar-refractivity contribution in [3.05, 3.63) is 36.4 Å². The molecule has 1 unspecified atom stereocenters. The highest BCUT2D eigenvalue weighted by atomic mass is 16.4. The van der Waals surface area contributed by atoms with Gasteiger partial charge in [-0.05, 0) is 12.8 Å². The van der Waals surface area contributed by atoms with E-state index in [1.165, 1.54) is 19.3 Å². The van der Waals surface area contributed by atoms with E-state index in [1.807, 2.05) is 43.3 Å². The van der Waals surface area contributed by atoms with Crippen LogP contribution in [0.15, 0.2) is 36.4 Å². The van der Waals surface area contributed by atoms with Gasteiger partial charge in [-0.2, -0.15) is 0 Å². The second kappa shape index (κ2) is 14.7. The van der Waals surface area contributed by atoms with Gasteiger partial charge in [-0.3, -0.25) is 4.79 Å². The second-order valence-electron chi connectivity index (χ2n) is 4.45. The molecule has 3 nitrogen and oxygen atoms in total. The van der Waals surface area contributed by atoms with Crippen LogP contribution in [0, 0.1) is 5.92 Å². The standard InChI is InChI=1S/C10H20O2.C6H6.H2O/c1-3-5-6-7-8-9(4-2)10(11)12;1-2-4-6-5-3-1;/h9H,3-8H2,1-2H3,(H,11,12);1-6H;1H2. The lowest BCUT2D eigenvalue weighted by Gasteiger charge is -2.08. The molecule has 0 amide bonds. The maximum Gasteiger partial charge on any atom is 0.306 e. The Morgan fingerprint density at radius 2 is 1.42 bits per heavy atom. The summed E-state index contributed by atoms with van der Waals surface area (Å²) >= 11 is 0. The molecule has 0 heterocycles. The lowest BCUT2D eigenvalue weighted by Crippen LogP contribution is -2.12. The number of unbranched alkanes of at least 4 members (excludes halogenated alkanes) is 3. The van der Waals surface area contributed by atoms with Gasteiger partial charge >= 0.3 is 5.97 Å². The summed E-state index contributed by atoms with van der Waals surface area (Å²) in [5.74, 6) is -0.740. The van der Waals surface area contributed by atoms with Crippen LogP contribution in [0.2, 0.25) is 0 Å². The average Bonchev–Trinajstić information content (AvgIpc) is 2.41. The van der Waals surface area contributed by atoms with Gasteiger partial charge in [-0.1, -0.05) is 75.9 Å². The van der Waals surface area contributed by atoms with E-state index in [2.05, 4.69) is 6.92 Å². The quantitative estimate of drug-likeness (QED) is 0.761. The smallest absolute Gasteiger partial charge is 0.306 e. The van der Waals surface area contributed by atoms with E-state index in [9.17, 15) is 4.79 Å². The van der Waals surface area contributed by atoms with Crippen molar-refractivity contribution in [2.24, 2.45) is 5.92 Å². The minimum Gasteiger partial charge on any atom is -0.481 e. The molecular formula is C16H28O3. The third-order valence-electron chi connectivity index (χ3n) is 2.91. The third kappa shape index (κ3) is 12.9. The molecule has 0 saturated carbocycles. The Bertz CT molecular complexity index is 259. The monoisotopic (exact) mass is 268 g/mol. The summed E-state index contributed by atoms with van der Waals surface area (Å²) in [6.45, 7) is 4.10. The Morgan fingerprint density at radius 3 is 1.74 bits per heavy atom. The van der Waals surface area contributed by atoms with Gasteiger partial charge in [0.05, 0.1) is 5.92 Å². The fourth-order valence-corrected chi connectivity index (χ4v) is 1.70. The van der Waals surface area contributed by atoms with E-state index < -0.39 is 5.97 Å². The number of aliphatic carboxylic acids is 1. The minimum absolute atomic E-state index is 0. The number of benzene rings is 1. The molecule has 1 rings (SSSR count). The molecule has 0 bridgehead atoms. The maximum absolute atomic E-state index is 10.6. The van der Waals surface area contributed by atoms with Crippen molar-refractivity contribution in [1.29, 1.82) is 0 Å². The molecule has 1 aromatic carbocycles. The van der Waals surface area contributed by atoms with Crippen molar-refractivity contribution < 1.29 is 15.4 Å². The minimum atomic E-state index is -0.631. The van der Waals surface area contributed by atoms with Crippen LogP contribution in [0.1, 0.15) is 52.4 Å². The molecule has 3 N–H and O–H groups in total. The van der Waals surface area contributed by atoms with E-state index in [1.54, 1.807) is 0 Å². The van der Waals surface area contributed by atoms with Gasteiger partial charge in [0.2, 0.25) is 0 Å². The van der Waals surface area contributed by atoms with Crippen LogP contribution in [0.5, 0.6) is 0 Å². The zero-order chi connectivity index (χ0) is 13.6. The second-order valence-corrected chi connectivity index (χ2v) is 4.45. The Labute approximate surface area is 117 Å². The first-order valence-electron chi connectivity index (χ1n) is 6.95. The Kier molecular flexibility index (Phi) is 15.5. The fourth-order valence-electron chi connectivity index (χ4n) is 1.70. The number of rotatable bonds is 7. The lowest BCUT2D eigenvalue weighted by molar-refractivity contribution is -0.142. The van der Waals surface area contributed by atoms with Crippen molar-refractivity contribution in [2.45, 2.75) is 52.4 Å². The number of carboxylic acids is 1. The van der Waals surface area contributed by atoms with Gasteiger partial charge in [0.1, 0.15) is 0 Å². The summed E-state index contributed by atoms with van der Waals surface area (Å²) in [7, 11) is 0. The number of carbonyl (C=O) groups is 1. The van der Waals surface area contributed by atoms with Crippen molar-refractivity contribution in [3.63, 3.8) is 0 Å². The summed E-state index contributed by atoms with van der Waals surface area (Å²) < 4.78 is 0. The molecule has 0 saturated heterocycles. The highest BCUT2D eigenvalue weighted by molar-refractivity contribution is 5.69. The van der Waals surface area contributed by atoms with Gasteiger partial charge in [-0.25, -0.2) is 0 Å². The van der Waals surface area contributed by atoms with Crippen LogP contribution in [-0.4, -0.2) is 16.6 Å². The molecule has 0 fully saturated rings. The number of carboxylic acid groups (broad SMARTS) is 1. The molecule has 1 aromatic rings. The van der Waals surface area contributed by atoms with Crippen LogP contribution >= 0.6 is 0 Å². The molecule has 0 radical (unpaired) electrons. The van der Waals surface area contributed by atoms with Crippen molar-refractivity contribution in [3.8, 4) is 0 Å². The van der Waals surface area contributed by atoms with Crippen LogP contribution < -0.4 is 0 Å². The van der Waals surface area contributed by atoms with E-state index in [0.717, 1.165) is 19.3 Å². The first-order valence-corrected chi connectivity index (χ1v) is 6.95. The summed E-state index contributed by atoms with van der Waals surface area (Å²) in [5, 5.41) is 8.73. The Balaban J connectivity index is 0. The highest BCUT2D eigenvalue weighted by Gasteiger charge is 2.13. The molecule has 0 spiro atoms. The van der Waals surface area contributed by atoms with Crippen LogP contribution in [0.3, 0.4) is 0 Å². The van der Waals surface area contributed by atoms with E-state index >= 15 is 0 Å². The summed E-state index contributed by atoms with van der Waals surface area (Å²) in [6, 6.07) is 12.0. The average molecular weight is 268 g/mol. The fraction of sp³-hybridized carbons (Fsp3) is 0.562. The molecular weight excluding hydrogens is 240 g/mol. The molecule has 110 valence electrons. The van der Waals surface area contributed by atoms with Gasteiger partial charge in [0, 0.05) is 0 Å². The first kappa shape index (κ1) is 20.0. The normalized spacial score (nSPS) is 10.6. The van der Waals surface area contributed by atoms with Gasteiger partial charge in [-0.15, -0.1) is 0 Å². The van der Waals surface area contributed by atoms with E-state index in [0.29, 0.717) is 0 Å². The zero-order valence-electron chi connectivity index (χ0n) is 12.1. The molecule has 0 aliphatic rings. The number of hydrogen-bond donors (Lipinski definition) is 1. The van der Waals surface area contributed by atoms with Crippen molar-refractivity contribution >= 4 is 5.97 Å². The third-order valence-corrected chi connectivity index (χ3v) is 2.91. The summed E-state index contributed by atoms with van der Waals surface area (Å²) in [5.41, 5.74) is 0. The van der Waals surface area contributed by atoms with Crippen molar-refractivity contribution in [1.82, 2.24) is 0 Å². The van der Waals surface area contributed by atoms with Crippen molar-refractivity contribution in [2.75, 3.05) is 0 Å². The first-order chi connectivity index (χ1) is 8.72. The van der Waals surface area contributed by atoms with Crippen LogP contribution in [-0.2, 0) is 4.79 Å². The lowest BCUT2D eigenvalue weighted by atomic mass is 9.99. The van der Waals surface area contributed by atoms with Crippen LogP contribution in [0.4, 0.5) is 0 Å². The predicted octanol–water partition coefficient (Wildman–Crippen LogP) is 3.93. The summed E-state index contributed by atoms with van der Waals surface area (Å²) in [6.07, 6.45) is 6.31. The van der Waals surface area contributed by atoms with E-state index in [-0.39, 0.29) is 11.4 Å². The molecule has 19 heavy (non-hydrogen) atoms. The topological polar surface area (TPSA) is 68.8 Å². The largest absolute Gasteiger partial charge is 0.481 e. The van der Waals surface area contributed by atoms with Gasteiger partial charge in [0.15, 0.2) is 0 Å². The summed E-state index contributed by atoms with van der Waals surface area (Å²) in [4.78, 5) is 10.6. The predicted molar refractivity (Wildman–Crippen MR) is 80.2 cm³/mol. The molecule has 1 atom stereocenters. The molecule has 0 aliphatic carbocycles. The molecule has 0 aromatic heterocycles. The SMILES string of the molecule is CCCCCCC(CC)C(=O)O.O.c1ccccc1. The highest BCUT2D eigenvalue weighted by Crippen LogP contribution is 2.13. The number of hydrogen-bond acceptors (Lipinski definition) is 1. The maximum atomic E-state index is 10.6.